The van der Waals surface area contributed by atoms with Crippen molar-refractivity contribution in [1.29, 1.82) is 5.26 Å². The van der Waals surface area contributed by atoms with Crippen molar-refractivity contribution in [2.24, 2.45) is 0 Å². The third kappa shape index (κ3) is 2.59. The predicted octanol–water partition coefficient (Wildman–Crippen LogP) is 0.936. The second-order valence-corrected chi connectivity index (χ2v) is 3.88. The van der Waals surface area contributed by atoms with Gasteiger partial charge in [0.1, 0.15) is 6.04 Å². The van der Waals surface area contributed by atoms with Crippen molar-refractivity contribution in [3.63, 3.8) is 0 Å². The lowest BCUT2D eigenvalue weighted by molar-refractivity contribution is 0.0253. The van der Waals surface area contributed by atoms with E-state index in [1.807, 2.05) is 0 Å². The van der Waals surface area contributed by atoms with Crippen molar-refractivity contribution in [1.82, 2.24) is 5.01 Å². The highest BCUT2D eigenvalue weighted by molar-refractivity contribution is 5.94. The molecule has 1 atom stereocenters. The number of nitrogens with one attached hydrogen (secondary N) is 1. The molecular formula is C12H13N3O3. The number of morpholine rings is 1. The van der Waals surface area contributed by atoms with Crippen molar-refractivity contribution in [2.75, 3.05) is 25.2 Å². The van der Waals surface area contributed by atoms with Crippen molar-refractivity contribution in [3.8, 4) is 6.07 Å². The monoisotopic (exact) mass is 247 g/mol. The number of anilines is 1. The zero-order valence-corrected chi connectivity index (χ0v) is 9.67. The van der Waals surface area contributed by atoms with Crippen LogP contribution in [-0.2, 0) is 4.74 Å². The fourth-order valence-corrected chi connectivity index (χ4v) is 1.77. The first kappa shape index (κ1) is 12.4. The summed E-state index contributed by atoms with van der Waals surface area (Å²) < 4.78 is 5.20. The van der Waals surface area contributed by atoms with Crippen molar-refractivity contribution >= 4 is 11.7 Å². The molecule has 94 valence electrons. The van der Waals surface area contributed by atoms with Crippen molar-refractivity contribution < 1.29 is 14.6 Å². The topological polar surface area (TPSA) is 85.6 Å². The van der Waals surface area contributed by atoms with Crippen LogP contribution >= 0.6 is 0 Å². The summed E-state index contributed by atoms with van der Waals surface area (Å²) >= 11 is 0. The quantitative estimate of drug-likeness (QED) is 0.826. The molecule has 0 amide bonds. The minimum Gasteiger partial charge on any atom is -0.478 e. The third-order valence-electron chi connectivity index (χ3n) is 2.70. The van der Waals surface area contributed by atoms with Crippen LogP contribution in [0.3, 0.4) is 0 Å². The molecule has 18 heavy (non-hydrogen) atoms. The maximum Gasteiger partial charge on any atom is 0.337 e. The van der Waals surface area contributed by atoms with E-state index in [9.17, 15) is 4.79 Å². The van der Waals surface area contributed by atoms with Crippen molar-refractivity contribution in [3.05, 3.63) is 29.8 Å². The van der Waals surface area contributed by atoms with Gasteiger partial charge in [0, 0.05) is 6.54 Å². The van der Waals surface area contributed by atoms with Gasteiger partial charge in [-0.2, -0.15) is 5.26 Å². The summed E-state index contributed by atoms with van der Waals surface area (Å²) in [5, 5.41) is 19.8. The van der Waals surface area contributed by atoms with Crippen LogP contribution in [0.4, 0.5) is 5.69 Å². The Hall–Kier alpha value is -2.10. The molecule has 1 fully saturated rings. The molecule has 0 bridgehead atoms. The van der Waals surface area contributed by atoms with E-state index in [1.54, 1.807) is 23.2 Å². The SMILES string of the molecule is N#CC1COCCN1Nc1ccccc1C(=O)O. The van der Waals surface area contributed by atoms with Crippen LogP contribution in [0.15, 0.2) is 24.3 Å². The highest BCUT2D eigenvalue weighted by Crippen LogP contribution is 2.17. The third-order valence-corrected chi connectivity index (χ3v) is 2.70. The van der Waals surface area contributed by atoms with E-state index in [0.29, 0.717) is 25.4 Å². The number of carboxylic acids is 1. The van der Waals surface area contributed by atoms with E-state index >= 15 is 0 Å². The first-order valence-corrected chi connectivity index (χ1v) is 5.55. The van der Waals surface area contributed by atoms with Crippen molar-refractivity contribution in [2.45, 2.75) is 6.04 Å². The predicted molar refractivity (Wildman–Crippen MR) is 64.0 cm³/mol. The molecule has 1 aromatic carbocycles. The average Bonchev–Trinajstić information content (AvgIpc) is 2.40. The molecule has 1 heterocycles. The van der Waals surface area contributed by atoms with E-state index in [-0.39, 0.29) is 5.56 Å². The Balaban J connectivity index is 2.18. The number of aromatic carboxylic acids is 1. The number of nitrogens with zero attached hydrogens (tertiary/aromatic N) is 2. The molecule has 6 heteroatoms. The molecule has 0 radical (unpaired) electrons. The summed E-state index contributed by atoms with van der Waals surface area (Å²) in [4.78, 5) is 11.1. The molecule has 1 aliphatic heterocycles. The summed E-state index contributed by atoms with van der Waals surface area (Å²) in [5.74, 6) is -1.00. The summed E-state index contributed by atoms with van der Waals surface area (Å²) in [7, 11) is 0. The Labute approximate surface area is 104 Å². The van der Waals surface area contributed by atoms with Gasteiger partial charge in [0.05, 0.1) is 30.5 Å². The molecule has 0 aliphatic carbocycles. The molecule has 1 aromatic rings. The minimum absolute atomic E-state index is 0.181. The van der Waals surface area contributed by atoms with E-state index < -0.39 is 12.0 Å². The Morgan fingerprint density at radius 1 is 1.56 bits per heavy atom. The van der Waals surface area contributed by atoms with Gasteiger partial charge in [0.15, 0.2) is 0 Å². The van der Waals surface area contributed by atoms with Gasteiger partial charge in [-0.05, 0) is 12.1 Å². The first-order valence-electron chi connectivity index (χ1n) is 5.55. The second-order valence-electron chi connectivity index (χ2n) is 3.88. The number of carbonyl (C=O) groups is 1. The lowest BCUT2D eigenvalue weighted by atomic mass is 10.2. The minimum atomic E-state index is -1.00. The van der Waals surface area contributed by atoms with Crippen LogP contribution in [0, 0.1) is 11.3 Å². The summed E-state index contributed by atoms with van der Waals surface area (Å²) in [6, 6.07) is 8.30. The van der Waals surface area contributed by atoms with E-state index in [2.05, 4.69) is 11.5 Å². The lowest BCUT2D eigenvalue weighted by Crippen LogP contribution is -2.47. The molecule has 1 saturated heterocycles. The van der Waals surface area contributed by atoms with E-state index in [4.69, 9.17) is 15.1 Å². The molecule has 2 rings (SSSR count). The number of nitriles is 1. The highest BCUT2D eigenvalue weighted by Gasteiger charge is 2.23. The molecule has 1 aliphatic rings. The first-order chi connectivity index (χ1) is 8.72. The number of ether oxygens (including phenoxy) is 1. The number of hydrogen-bond donors (Lipinski definition) is 2. The van der Waals surface area contributed by atoms with Gasteiger partial charge < -0.3 is 15.3 Å². The summed E-state index contributed by atoms with van der Waals surface area (Å²) in [6.07, 6.45) is 0. The Morgan fingerprint density at radius 2 is 2.33 bits per heavy atom. The Morgan fingerprint density at radius 3 is 3.06 bits per heavy atom. The standard InChI is InChI=1S/C12H13N3O3/c13-7-9-8-18-6-5-15(9)14-11-4-2-1-3-10(11)12(16)17/h1-4,9,14H,5-6,8H2,(H,16,17). The van der Waals surface area contributed by atoms with E-state index in [0.717, 1.165) is 0 Å². The number of rotatable bonds is 3. The Kier molecular flexibility index (Phi) is 3.77. The molecule has 0 saturated carbocycles. The average molecular weight is 247 g/mol. The summed E-state index contributed by atoms with van der Waals surface area (Å²) in [6.45, 7) is 1.37. The smallest absolute Gasteiger partial charge is 0.337 e. The number of benzene rings is 1. The number of carboxylic acid groups (broad SMARTS) is 1. The number of hydrogen-bond acceptors (Lipinski definition) is 5. The Bertz CT molecular complexity index is 484. The van der Waals surface area contributed by atoms with Crippen LogP contribution < -0.4 is 5.43 Å². The fourth-order valence-electron chi connectivity index (χ4n) is 1.77. The second kappa shape index (κ2) is 5.49. The molecular weight excluding hydrogens is 234 g/mol. The molecule has 0 aromatic heterocycles. The zero-order valence-electron chi connectivity index (χ0n) is 9.67. The lowest BCUT2D eigenvalue weighted by Gasteiger charge is -2.32. The molecule has 6 nitrogen and oxygen atoms in total. The highest BCUT2D eigenvalue weighted by atomic mass is 16.5. The van der Waals surface area contributed by atoms with Crippen LogP contribution in [-0.4, -0.2) is 41.9 Å². The molecule has 1 unspecified atom stereocenters. The van der Waals surface area contributed by atoms with Gasteiger partial charge in [-0.25, -0.2) is 9.80 Å². The van der Waals surface area contributed by atoms with Crippen LogP contribution in [0.25, 0.3) is 0 Å². The largest absolute Gasteiger partial charge is 0.478 e. The van der Waals surface area contributed by atoms with E-state index in [1.165, 1.54) is 6.07 Å². The van der Waals surface area contributed by atoms with Gasteiger partial charge >= 0.3 is 5.97 Å². The zero-order chi connectivity index (χ0) is 13.0. The van der Waals surface area contributed by atoms with Gasteiger partial charge in [-0.3, -0.25) is 0 Å². The molecule has 2 N–H and O–H groups in total. The fraction of sp³-hybridized carbons (Fsp3) is 0.333. The summed E-state index contributed by atoms with van der Waals surface area (Å²) in [5.41, 5.74) is 3.64. The van der Waals surface area contributed by atoms with Crippen LogP contribution in [0.2, 0.25) is 0 Å². The van der Waals surface area contributed by atoms with Crippen LogP contribution in [0.1, 0.15) is 10.4 Å². The van der Waals surface area contributed by atoms with Gasteiger partial charge in [0.2, 0.25) is 0 Å². The maximum absolute atomic E-state index is 11.1. The van der Waals surface area contributed by atoms with Gasteiger partial charge in [-0.1, -0.05) is 12.1 Å². The number of hydrazine groups is 1. The molecule has 0 spiro atoms. The maximum atomic E-state index is 11.1. The van der Waals surface area contributed by atoms with Crippen LogP contribution in [0.5, 0.6) is 0 Å². The van der Waals surface area contributed by atoms with Gasteiger partial charge in [0.25, 0.3) is 0 Å². The normalized spacial score (nSPS) is 20.1. The number of para-hydroxylation sites is 1. The van der Waals surface area contributed by atoms with Gasteiger partial charge in [-0.15, -0.1) is 0 Å².